The van der Waals surface area contributed by atoms with Gasteiger partial charge in [-0.25, -0.2) is 0 Å². The minimum absolute atomic E-state index is 0.883. The lowest BCUT2D eigenvalue weighted by Crippen LogP contribution is -2.05. The van der Waals surface area contributed by atoms with Crippen LogP contribution in [0.3, 0.4) is 0 Å². The van der Waals surface area contributed by atoms with Crippen LogP contribution in [0.5, 0.6) is 0 Å². The molecule has 23 heavy (non-hydrogen) atoms. The Hall–Kier alpha value is 0. The van der Waals surface area contributed by atoms with Gasteiger partial charge in [-0.1, -0.05) is 130 Å². The van der Waals surface area contributed by atoms with Crippen LogP contribution in [-0.4, -0.2) is 0 Å². The van der Waals surface area contributed by atoms with Crippen molar-refractivity contribution in [3.8, 4) is 0 Å². The highest BCUT2D eigenvalue weighted by Crippen LogP contribution is 2.25. The summed E-state index contributed by atoms with van der Waals surface area (Å²) in [4.78, 5) is 0. The van der Waals surface area contributed by atoms with Crippen LogP contribution in [0.25, 0.3) is 0 Å². The molecule has 0 saturated carbocycles. The lowest BCUT2D eigenvalue weighted by Gasteiger charge is -2.19. The van der Waals surface area contributed by atoms with Crippen molar-refractivity contribution in [2.75, 3.05) is 0 Å². The Bertz CT molecular complexity index is 206. The Labute approximate surface area is 149 Å². The van der Waals surface area contributed by atoms with Crippen LogP contribution in [0.2, 0.25) is 0 Å². The third-order valence-corrected chi connectivity index (χ3v) is 5.24. The third kappa shape index (κ3) is 18.2. The molecule has 0 bridgehead atoms. The summed E-state index contributed by atoms with van der Waals surface area (Å²) in [5.74, 6) is 1.90. The second-order valence-electron chi connectivity index (χ2n) is 8.32. The van der Waals surface area contributed by atoms with Gasteiger partial charge in [0.05, 0.1) is 0 Å². The Kier molecular flexibility index (Phi) is 18.3. The van der Waals surface area contributed by atoms with Gasteiger partial charge >= 0.3 is 0 Å². The molecule has 0 rings (SSSR count). The average molecular weight is 325 g/mol. The van der Waals surface area contributed by atoms with Gasteiger partial charge in [-0.15, -0.1) is 0 Å². The topological polar surface area (TPSA) is 0 Å². The van der Waals surface area contributed by atoms with Crippen molar-refractivity contribution >= 4 is 0 Å². The Morgan fingerprint density at radius 1 is 0.478 bits per heavy atom. The van der Waals surface area contributed by atoms with Gasteiger partial charge in [0, 0.05) is 0 Å². The quantitative estimate of drug-likeness (QED) is 0.221. The van der Waals surface area contributed by atoms with E-state index in [2.05, 4.69) is 27.7 Å². The SMILES string of the molecule is CCCCCCCCCCC(CCCCCCCC)CC(C)C. The summed E-state index contributed by atoms with van der Waals surface area (Å²) in [5, 5.41) is 0. The summed E-state index contributed by atoms with van der Waals surface area (Å²) in [7, 11) is 0. The van der Waals surface area contributed by atoms with E-state index in [1.54, 1.807) is 0 Å². The molecular formula is C23H48. The summed E-state index contributed by atoms with van der Waals surface area (Å²) in [5.41, 5.74) is 0. The Morgan fingerprint density at radius 3 is 1.17 bits per heavy atom. The van der Waals surface area contributed by atoms with Crippen molar-refractivity contribution in [1.29, 1.82) is 0 Å². The lowest BCUT2D eigenvalue weighted by atomic mass is 9.87. The molecule has 0 nitrogen and oxygen atoms in total. The number of hydrogen-bond donors (Lipinski definition) is 0. The normalized spacial score (nSPS) is 12.9. The molecule has 0 aromatic heterocycles. The molecule has 0 N–H and O–H groups in total. The predicted octanol–water partition coefficient (Wildman–Crippen LogP) is 8.93. The molecule has 0 radical (unpaired) electrons. The summed E-state index contributed by atoms with van der Waals surface area (Å²) in [6.45, 7) is 9.42. The molecule has 0 saturated heterocycles. The van der Waals surface area contributed by atoms with Crippen molar-refractivity contribution in [3.63, 3.8) is 0 Å². The fourth-order valence-electron chi connectivity index (χ4n) is 3.83. The molecule has 0 aliphatic rings. The molecule has 0 heteroatoms. The Balaban J connectivity index is 3.59. The van der Waals surface area contributed by atoms with Gasteiger partial charge in [0.1, 0.15) is 0 Å². The van der Waals surface area contributed by atoms with Gasteiger partial charge in [-0.3, -0.25) is 0 Å². The zero-order valence-corrected chi connectivity index (χ0v) is 17.2. The van der Waals surface area contributed by atoms with Gasteiger partial charge in [-0.05, 0) is 18.3 Å². The predicted molar refractivity (Wildman–Crippen MR) is 108 cm³/mol. The molecule has 0 aliphatic heterocycles. The molecule has 0 spiro atoms. The number of unbranched alkanes of at least 4 members (excludes halogenated alkanes) is 12. The van der Waals surface area contributed by atoms with Gasteiger partial charge in [0.15, 0.2) is 0 Å². The maximum absolute atomic E-state index is 2.40. The maximum atomic E-state index is 2.40. The van der Waals surface area contributed by atoms with E-state index in [0.717, 1.165) is 11.8 Å². The molecule has 1 unspecified atom stereocenters. The lowest BCUT2D eigenvalue weighted by molar-refractivity contribution is 0.338. The standard InChI is InChI=1S/C23H48/c1-5-7-9-11-13-14-16-18-20-23(21-22(3)4)19-17-15-12-10-8-6-2/h22-23H,5-21H2,1-4H3. The highest BCUT2D eigenvalue weighted by Gasteiger charge is 2.10. The average Bonchev–Trinajstić information content (AvgIpc) is 2.52. The highest BCUT2D eigenvalue weighted by atomic mass is 14.2. The van der Waals surface area contributed by atoms with Gasteiger partial charge in [0.2, 0.25) is 0 Å². The van der Waals surface area contributed by atoms with Crippen LogP contribution in [0.4, 0.5) is 0 Å². The monoisotopic (exact) mass is 324 g/mol. The first-order valence-corrected chi connectivity index (χ1v) is 11.2. The second kappa shape index (κ2) is 18.3. The van der Waals surface area contributed by atoms with E-state index in [0.29, 0.717) is 0 Å². The molecule has 140 valence electrons. The minimum atomic E-state index is 0.883. The largest absolute Gasteiger partial charge is 0.0654 e. The Morgan fingerprint density at radius 2 is 0.826 bits per heavy atom. The first kappa shape index (κ1) is 23.0. The van der Waals surface area contributed by atoms with E-state index in [1.807, 2.05) is 0 Å². The van der Waals surface area contributed by atoms with Gasteiger partial charge in [0.25, 0.3) is 0 Å². The van der Waals surface area contributed by atoms with Crippen molar-refractivity contribution in [3.05, 3.63) is 0 Å². The molecule has 0 fully saturated rings. The molecule has 0 aromatic carbocycles. The van der Waals surface area contributed by atoms with Gasteiger partial charge in [-0.2, -0.15) is 0 Å². The van der Waals surface area contributed by atoms with E-state index in [-0.39, 0.29) is 0 Å². The fourth-order valence-corrected chi connectivity index (χ4v) is 3.83. The fraction of sp³-hybridized carbons (Fsp3) is 1.00. The van der Waals surface area contributed by atoms with Crippen LogP contribution in [-0.2, 0) is 0 Å². The molecule has 0 amide bonds. The molecule has 0 heterocycles. The summed E-state index contributed by atoms with van der Waals surface area (Å²) in [6.07, 6.45) is 24.8. The highest BCUT2D eigenvalue weighted by molar-refractivity contribution is 4.63. The van der Waals surface area contributed by atoms with Crippen LogP contribution in [0.1, 0.15) is 137 Å². The summed E-state index contributed by atoms with van der Waals surface area (Å²) >= 11 is 0. The van der Waals surface area contributed by atoms with Crippen molar-refractivity contribution in [2.24, 2.45) is 11.8 Å². The van der Waals surface area contributed by atoms with Crippen molar-refractivity contribution in [2.45, 2.75) is 137 Å². The van der Waals surface area contributed by atoms with E-state index < -0.39 is 0 Å². The van der Waals surface area contributed by atoms with Crippen molar-refractivity contribution in [1.82, 2.24) is 0 Å². The van der Waals surface area contributed by atoms with Gasteiger partial charge < -0.3 is 0 Å². The smallest absolute Gasteiger partial charge is 0.0412 e. The van der Waals surface area contributed by atoms with Crippen molar-refractivity contribution < 1.29 is 0 Å². The molecule has 0 aliphatic carbocycles. The second-order valence-corrected chi connectivity index (χ2v) is 8.32. The first-order chi connectivity index (χ1) is 11.2. The molecule has 1 atom stereocenters. The first-order valence-electron chi connectivity index (χ1n) is 11.2. The molecular weight excluding hydrogens is 276 g/mol. The molecule has 0 aromatic rings. The van der Waals surface area contributed by atoms with Crippen LogP contribution in [0.15, 0.2) is 0 Å². The van der Waals surface area contributed by atoms with E-state index in [9.17, 15) is 0 Å². The summed E-state index contributed by atoms with van der Waals surface area (Å²) in [6, 6.07) is 0. The maximum Gasteiger partial charge on any atom is -0.0412 e. The number of hydrogen-bond acceptors (Lipinski definition) is 0. The van der Waals surface area contributed by atoms with Crippen LogP contribution in [0, 0.1) is 11.8 Å². The zero-order valence-electron chi connectivity index (χ0n) is 17.2. The van der Waals surface area contributed by atoms with Crippen LogP contribution < -0.4 is 0 Å². The third-order valence-electron chi connectivity index (χ3n) is 5.24. The minimum Gasteiger partial charge on any atom is -0.0654 e. The van der Waals surface area contributed by atoms with Crippen LogP contribution >= 0.6 is 0 Å². The zero-order chi connectivity index (χ0) is 17.2. The van der Waals surface area contributed by atoms with E-state index >= 15 is 0 Å². The number of rotatable bonds is 18. The van der Waals surface area contributed by atoms with E-state index in [1.165, 1.54) is 109 Å². The summed E-state index contributed by atoms with van der Waals surface area (Å²) < 4.78 is 0. The van der Waals surface area contributed by atoms with E-state index in [4.69, 9.17) is 0 Å².